The maximum atomic E-state index is 14.2. The number of hydrazine groups is 1. The number of anilines is 2. The number of hydrogen-bond acceptors (Lipinski definition) is 6. The highest BCUT2D eigenvalue weighted by Gasteiger charge is 2.28. The molecule has 1 fully saturated rings. The number of aliphatic imine (C=N–C) groups is 1. The lowest BCUT2D eigenvalue weighted by Crippen LogP contribution is -2.56. The molecule has 2 aromatic rings. The van der Waals surface area contributed by atoms with Gasteiger partial charge in [-0.15, -0.1) is 0 Å². The van der Waals surface area contributed by atoms with E-state index in [1.165, 1.54) is 17.1 Å². The molecule has 8 nitrogen and oxygen atoms in total. The van der Waals surface area contributed by atoms with E-state index in [0.717, 1.165) is 44.0 Å². The number of nitrogens with one attached hydrogen (secondary N) is 2. The lowest BCUT2D eigenvalue weighted by molar-refractivity contribution is -0.118. The van der Waals surface area contributed by atoms with Gasteiger partial charge in [0, 0.05) is 37.4 Å². The highest BCUT2D eigenvalue weighted by atomic mass is 19.1. The fourth-order valence-electron chi connectivity index (χ4n) is 4.25. The summed E-state index contributed by atoms with van der Waals surface area (Å²) in [5, 5.41) is 4.24. The maximum Gasteiger partial charge on any atom is 0.288 e. The molecule has 0 radical (unpaired) electrons. The fraction of sp³-hybridized carbons (Fsp3) is 0.400. The third-order valence-electron chi connectivity index (χ3n) is 6.31. The SMILES string of the molecule is CCN1CCN(c2ccc(F)cc2C(C)NC(=O)C2=NCC(=O)N(c3ccc(C)cc3)N2)CC1. The number of aryl methyl sites for hydroxylation is 1. The number of piperazine rings is 1. The summed E-state index contributed by atoms with van der Waals surface area (Å²) in [5.41, 5.74) is 6.15. The van der Waals surface area contributed by atoms with Gasteiger partial charge in [0.05, 0.1) is 11.7 Å². The van der Waals surface area contributed by atoms with Gasteiger partial charge < -0.3 is 15.1 Å². The van der Waals surface area contributed by atoms with Crippen molar-refractivity contribution in [2.24, 2.45) is 4.99 Å². The maximum absolute atomic E-state index is 14.2. The van der Waals surface area contributed by atoms with Gasteiger partial charge in [0.2, 0.25) is 5.84 Å². The molecular formula is C25H31FN6O2. The smallest absolute Gasteiger partial charge is 0.288 e. The molecule has 2 aromatic carbocycles. The molecule has 2 aliphatic rings. The molecule has 2 amide bonds. The van der Waals surface area contributed by atoms with E-state index in [1.54, 1.807) is 18.2 Å². The van der Waals surface area contributed by atoms with Gasteiger partial charge in [-0.2, -0.15) is 0 Å². The van der Waals surface area contributed by atoms with Gasteiger partial charge in [-0.25, -0.2) is 9.40 Å². The van der Waals surface area contributed by atoms with Crippen LogP contribution in [-0.2, 0) is 9.59 Å². The second kappa shape index (κ2) is 10.2. The first-order chi connectivity index (χ1) is 16.4. The summed E-state index contributed by atoms with van der Waals surface area (Å²) in [7, 11) is 0. The molecule has 34 heavy (non-hydrogen) atoms. The minimum Gasteiger partial charge on any atom is -0.369 e. The fourth-order valence-corrected chi connectivity index (χ4v) is 4.25. The molecule has 1 saturated heterocycles. The molecule has 2 aliphatic heterocycles. The molecule has 1 atom stereocenters. The molecule has 0 spiro atoms. The zero-order chi connectivity index (χ0) is 24.2. The molecule has 2 heterocycles. The first-order valence-electron chi connectivity index (χ1n) is 11.6. The van der Waals surface area contributed by atoms with Crippen LogP contribution in [0, 0.1) is 12.7 Å². The van der Waals surface area contributed by atoms with Crippen molar-refractivity contribution in [1.29, 1.82) is 0 Å². The van der Waals surface area contributed by atoms with E-state index in [-0.39, 0.29) is 24.1 Å². The zero-order valence-corrected chi connectivity index (χ0v) is 19.8. The van der Waals surface area contributed by atoms with Gasteiger partial charge in [-0.1, -0.05) is 24.6 Å². The van der Waals surface area contributed by atoms with Crippen LogP contribution in [-0.4, -0.2) is 61.8 Å². The largest absolute Gasteiger partial charge is 0.369 e. The third kappa shape index (κ3) is 5.20. The van der Waals surface area contributed by atoms with Crippen LogP contribution in [0.4, 0.5) is 15.8 Å². The van der Waals surface area contributed by atoms with E-state index in [2.05, 4.69) is 32.5 Å². The van der Waals surface area contributed by atoms with Crippen molar-refractivity contribution in [3.05, 3.63) is 59.4 Å². The Labute approximate surface area is 199 Å². The number of carbonyl (C=O) groups is 2. The summed E-state index contributed by atoms with van der Waals surface area (Å²) in [4.78, 5) is 34.1. The number of rotatable bonds is 6. The second-order valence-corrected chi connectivity index (χ2v) is 8.66. The van der Waals surface area contributed by atoms with Crippen LogP contribution in [0.5, 0.6) is 0 Å². The Morgan fingerprint density at radius 2 is 1.85 bits per heavy atom. The van der Waals surface area contributed by atoms with Gasteiger partial charge >= 0.3 is 0 Å². The van der Waals surface area contributed by atoms with Crippen LogP contribution < -0.4 is 20.7 Å². The molecule has 0 aliphatic carbocycles. The van der Waals surface area contributed by atoms with Gasteiger partial charge in [0.1, 0.15) is 12.4 Å². The second-order valence-electron chi connectivity index (χ2n) is 8.66. The number of nitrogens with zero attached hydrogens (tertiary/aromatic N) is 4. The highest BCUT2D eigenvalue weighted by Crippen LogP contribution is 2.28. The summed E-state index contributed by atoms with van der Waals surface area (Å²) in [6.07, 6.45) is 0. The van der Waals surface area contributed by atoms with Crippen molar-refractivity contribution in [3.8, 4) is 0 Å². The monoisotopic (exact) mass is 466 g/mol. The van der Waals surface area contributed by atoms with Gasteiger partial charge in [-0.3, -0.25) is 20.0 Å². The van der Waals surface area contributed by atoms with E-state index in [0.29, 0.717) is 11.3 Å². The number of amides is 2. The van der Waals surface area contributed by atoms with Crippen molar-refractivity contribution in [3.63, 3.8) is 0 Å². The topological polar surface area (TPSA) is 80.3 Å². The van der Waals surface area contributed by atoms with Crippen LogP contribution >= 0.6 is 0 Å². The predicted octanol–water partition coefficient (Wildman–Crippen LogP) is 2.40. The molecule has 9 heteroatoms. The molecule has 4 rings (SSSR count). The number of benzene rings is 2. The first kappa shape index (κ1) is 23.7. The Morgan fingerprint density at radius 1 is 1.15 bits per heavy atom. The van der Waals surface area contributed by atoms with Crippen molar-refractivity contribution in [1.82, 2.24) is 15.6 Å². The van der Waals surface area contributed by atoms with E-state index in [1.807, 2.05) is 26.0 Å². The Kier molecular flexibility index (Phi) is 7.12. The summed E-state index contributed by atoms with van der Waals surface area (Å²) < 4.78 is 14.2. The van der Waals surface area contributed by atoms with E-state index >= 15 is 0 Å². The highest BCUT2D eigenvalue weighted by molar-refractivity contribution is 6.39. The lowest BCUT2D eigenvalue weighted by atomic mass is 10.0. The summed E-state index contributed by atoms with van der Waals surface area (Å²) in [6.45, 7) is 10.4. The quantitative estimate of drug-likeness (QED) is 0.684. The number of likely N-dealkylation sites (N-methyl/N-ethyl adjacent to an activating group) is 1. The average molecular weight is 467 g/mol. The van der Waals surface area contributed by atoms with Crippen LogP contribution in [0.2, 0.25) is 0 Å². The Bertz CT molecular complexity index is 1080. The Hall–Kier alpha value is -3.46. The van der Waals surface area contributed by atoms with Crippen LogP contribution in [0.1, 0.15) is 31.0 Å². The van der Waals surface area contributed by atoms with E-state index < -0.39 is 11.9 Å². The lowest BCUT2D eigenvalue weighted by Gasteiger charge is -2.37. The van der Waals surface area contributed by atoms with Gasteiger partial charge in [0.25, 0.3) is 11.8 Å². The molecular weight excluding hydrogens is 435 g/mol. The number of carbonyl (C=O) groups excluding carboxylic acids is 2. The Balaban J connectivity index is 1.48. The average Bonchev–Trinajstić information content (AvgIpc) is 2.85. The zero-order valence-electron chi connectivity index (χ0n) is 19.8. The van der Waals surface area contributed by atoms with E-state index in [9.17, 15) is 14.0 Å². The predicted molar refractivity (Wildman–Crippen MR) is 131 cm³/mol. The minimum absolute atomic E-state index is 0.0431. The standard InChI is InChI=1S/C25H31FN6O2/c1-4-30-11-13-31(14-12-30)22-10-7-19(26)15-21(22)18(3)28-25(34)24-27-16-23(33)32(29-24)20-8-5-17(2)6-9-20/h5-10,15,18H,4,11-14,16H2,1-3H3,(H,27,29)(H,28,34). The molecule has 0 bridgehead atoms. The number of amidine groups is 1. The summed E-state index contributed by atoms with van der Waals surface area (Å²) in [5.74, 6) is -1.02. The Morgan fingerprint density at radius 3 is 2.53 bits per heavy atom. The first-order valence-corrected chi connectivity index (χ1v) is 11.6. The number of halogens is 1. The van der Waals surface area contributed by atoms with Gasteiger partial charge in [0.15, 0.2) is 0 Å². The van der Waals surface area contributed by atoms with Crippen molar-refractivity contribution < 1.29 is 14.0 Å². The van der Waals surface area contributed by atoms with Crippen molar-refractivity contribution in [2.75, 3.05) is 49.2 Å². The van der Waals surface area contributed by atoms with E-state index in [4.69, 9.17) is 0 Å². The molecule has 180 valence electrons. The van der Waals surface area contributed by atoms with Crippen LogP contribution in [0.25, 0.3) is 0 Å². The summed E-state index contributed by atoms with van der Waals surface area (Å²) >= 11 is 0. The molecule has 2 N–H and O–H groups in total. The van der Waals surface area contributed by atoms with Gasteiger partial charge in [-0.05, 0) is 50.7 Å². The normalized spacial score (nSPS) is 17.8. The minimum atomic E-state index is -0.461. The van der Waals surface area contributed by atoms with Crippen molar-refractivity contribution in [2.45, 2.75) is 26.8 Å². The molecule has 0 saturated carbocycles. The molecule has 0 aromatic heterocycles. The van der Waals surface area contributed by atoms with Crippen LogP contribution in [0.3, 0.4) is 0 Å². The molecule has 1 unspecified atom stereocenters. The van der Waals surface area contributed by atoms with Crippen molar-refractivity contribution >= 4 is 29.0 Å². The summed E-state index contributed by atoms with van der Waals surface area (Å²) in [6, 6.07) is 11.7. The number of hydrogen-bond donors (Lipinski definition) is 2. The van der Waals surface area contributed by atoms with Crippen LogP contribution in [0.15, 0.2) is 47.5 Å². The third-order valence-corrected chi connectivity index (χ3v) is 6.31.